The van der Waals surface area contributed by atoms with E-state index in [1.807, 2.05) is 0 Å². The summed E-state index contributed by atoms with van der Waals surface area (Å²) in [6.45, 7) is 0. The molecule has 0 amide bonds. The van der Waals surface area contributed by atoms with E-state index in [-0.39, 0.29) is 10.5 Å². The van der Waals surface area contributed by atoms with Gasteiger partial charge < -0.3 is 9.52 Å². The van der Waals surface area contributed by atoms with Crippen molar-refractivity contribution in [2.24, 2.45) is 10.2 Å². The maximum atomic E-state index is 11.3. The minimum Gasteiger partial charge on any atom is -0.478 e. The average Bonchev–Trinajstić information content (AvgIpc) is 3.10. The number of nitrogens with zero attached hydrogens (tertiary/aromatic N) is 1. The highest BCUT2D eigenvalue weighted by atomic mass is 32.2. The summed E-state index contributed by atoms with van der Waals surface area (Å²) in [6.07, 6.45) is 1.47. The first-order valence-electron chi connectivity index (χ1n) is 7.68. The normalized spacial score (nSPS) is 11.6. The molecule has 0 spiro atoms. The number of nitrogens with one attached hydrogen (secondary N) is 1. The molecule has 0 atom stereocenters. The molecule has 4 N–H and O–H groups in total. The Morgan fingerprint density at radius 2 is 1.70 bits per heavy atom. The van der Waals surface area contributed by atoms with Crippen LogP contribution in [0.15, 0.2) is 75.1 Å². The quantitative estimate of drug-likeness (QED) is 0.441. The Morgan fingerprint density at radius 3 is 2.30 bits per heavy atom. The van der Waals surface area contributed by atoms with Crippen molar-refractivity contribution in [1.29, 1.82) is 0 Å². The van der Waals surface area contributed by atoms with E-state index >= 15 is 0 Å². The summed E-state index contributed by atoms with van der Waals surface area (Å²) in [5, 5.41) is 18.0. The van der Waals surface area contributed by atoms with Crippen LogP contribution >= 0.6 is 0 Å². The van der Waals surface area contributed by atoms with Crippen LogP contribution in [0.25, 0.3) is 11.3 Å². The van der Waals surface area contributed by atoms with Crippen molar-refractivity contribution >= 4 is 27.9 Å². The molecule has 3 aromatic rings. The van der Waals surface area contributed by atoms with E-state index in [0.29, 0.717) is 22.8 Å². The van der Waals surface area contributed by atoms with Crippen LogP contribution in [-0.4, -0.2) is 25.7 Å². The lowest BCUT2D eigenvalue weighted by Gasteiger charge is -2.00. The first-order chi connectivity index (χ1) is 12.8. The molecule has 0 fully saturated rings. The summed E-state index contributed by atoms with van der Waals surface area (Å²) < 4.78 is 28.2. The molecule has 1 heterocycles. The maximum Gasteiger partial charge on any atom is 0.335 e. The van der Waals surface area contributed by atoms with Crippen molar-refractivity contribution in [1.82, 2.24) is 0 Å². The van der Waals surface area contributed by atoms with Gasteiger partial charge in [0.25, 0.3) is 0 Å². The van der Waals surface area contributed by atoms with Gasteiger partial charge in [0, 0.05) is 5.56 Å². The van der Waals surface area contributed by atoms with Crippen molar-refractivity contribution in [3.63, 3.8) is 0 Å². The van der Waals surface area contributed by atoms with Gasteiger partial charge in [-0.2, -0.15) is 5.10 Å². The van der Waals surface area contributed by atoms with Crippen molar-refractivity contribution in [2.45, 2.75) is 4.90 Å². The number of benzene rings is 2. The number of sulfonamides is 1. The Bertz CT molecular complexity index is 1080. The monoisotopic (exact) mass is 385 g/mol. The van der Waals surface area contributed by atoms with Gasteiger partial charge in [0.05, 0.1) is 22.4 Å². The lowest BCUT2D eigenvalue weighted by atomic mass is 10.2. The number of carboxylic acid groups (broad SMARTS) is 1. The number of rotatable bonds is 6. The van der Waals surface area contributed by atoms with Crippen LogP contribution < -0.4 is 10.6 Å². The van der Waals surface area contributed by atoms with E-state index in [9.17, 15) is 13.2 Å². The van der Waals surface area contributed by atoms with Crippen LogP contribution in [0.2, 0.25) is 0 Å². The van der Waals surface area contributed by atoms with Gasteiger partial charge in [-0.1, -0.05) is 0 Å². The lowest BCUT2D eigenvalue weighted by Crippen LogP contribution is -2.11. The number of carbonyl (C=O) groups is 1. The second kappa shape index (κ2) is 7.44. The Morgan fingerprint density at radius 1 is 1.04 bits per heavy atom. The van der Waals surface area contributed by atoms with Crippen molar-refractivity contribution in [3.05, 3.63) is 72.0 Å². The minimum atomic E-state index is -3.74. The summed E-state index contributed by atoms with van der Waals surface area (Å²) in [4.78, 5) is 10.8. The Balaban J connectivity index is 1.67. The van der Waals surface area contributed by atoms with Gasteiger partial charge in [-0.3, -0.25) is 5.43 Å². The Labute approximate surface area is 155 Å². The molecule has 3 rings (SSSR count). The maximum absolute atomic E-state index is 11.3. The summed E-state index contributed by atoms with van der Waals surface area (Å²) >= 11 is 0. The van der Waals surface area contributed by atoms with Gasteiger partial charge in [0.1, 0.15) is 11.5 Å². The van der Waals surface area contributed by atoms with Crippen molar-refractivity contribution in [3.8, 4) is 11.3 Å². The number of primary sulfonamides is 1. The molecule has 1 aromatic heterocycles. The van der Waals surface area contributed by atoms with Gasteiger partial charge >= 0.3 is 5.97 Å². The van der Waals surface area contributed by atoms with Crippen molar-refractivity contribution in [2.75, 3.05) is 5.43 Å². The summed E-state index contributed by atoms with van der Waals surface area (Å²) in [6, 6.07) is 15.6. The molecule has 0 aliphatic carbocycles. The van der Waals surface area contributed by atoms with Crippen LogP contribution in [-0.2, 0) is 10.0 Å². The molecule has 0 aliphatic heterocycles. The second-order valence-electron chi connectivity index (χ2n) is 5.52. The summed E-state index contributed by atoms with van der Waals surface area (Å²) in [7, 11) is -3.74. The fraction of sp³-hybridized carbons (Fsp3) is 0. The molecule has 0 saturated carbocycles. The third-order valence-electron chi connectivity index (χ3n) is 3.61. The predicted octanol–water partition coefficient (Wildman–Crippen LogP) is 2.74. The van der Waals surface area contributed by atoms with Gasteiger partial charge in [-0.25, -0.2) is 18.4 Å². The number of furan rings is 1. The summed E-state index contributed by atoms with van der Waals surface area (Å²) in [5.74, 6) is 0.0312. The molecule has 2 aromatic carbocycles. The highest BCUT2D eigenvalue weighted by molar-refractivity contribution is 7.89. The number of hydrogen-bond acceptors (Lipinski definition) is 6. The number of hydrazone groups is 1. The second-order valence-corrected chi connectivity index (χ2v) is 7.09. The standard InChI is InChI=1S/C18H15N3O5S/c19-27(24,25)16-8-3-12(4-9-16)17-10-7-15(26-17)11-20-21-14-5-1-13(2-6-14)18(22)23/h1-11,21H,(H,22,23)(H2,19,24,25)/b20-11+. The van der Waals surface area contributed by atoms with Crippen molar-refractivity contribution < 1.29 is 22.7 Å². The molecule has 0 radical (unpaired) electrons. The molecule has 0 unspecified atom stereocenters. The highest BCUT2D eigenvalue weighted by Crippen LogP contribution is 2.23. The van der Waals surface area contributed by atoms with Crippen LogP contribution in [0.3, 0.4) is 0 Å². The number of aromatic carboxylic acids is 1. The molecular formula is C18H15N3O5S. The Kier molecular flexibility index (Phi) is 5.06. The van der Waals surface area contributed by atoms with Crippen LogP contribution in [0.5, 0.6) is 0 Å². The lowest BCUT2D eigenvalue weighted by molar-refractivity contribution is 0.0697. The van der Waals surface area contributed by atoms with Crippen LogP contribution in [0, 0.1) is 0 Å². The third-order valence-corrected chi connectivity index (χ3v) is 4.54. The zero-order valence-corrected chi connectivity index (χ0v) is 14.7. The van der Waals surface area contributed by atoms with Crippen LogP contribution in [0.1, 0.15) is 16.1 Å². The van der Waals surface area contributed by atoms with E-state index in [2.05, 4.69) is 10.5 Å². The SMILES string of the molecule is NS(=O)(=O)c1ccc(-c2ccc(/C=N/Nc3ccc(C(=O)O)cc3)o2)cc1. The first-order valence-corrected chi connectivity index (χ1v) is 9.23. The fourth-order valence-corrected chi connectivity index (χ4v) is 2.76. The number of hydrogen-bond donors (Lipinski definition) is 3. The van der Waals surface area contributed by atoms with Gasteiger partial charge in [-0.05, 0) is 60.7 Å². The Hall–Kier alpha value is -3.43. The number of carboxylic acids is 1. The molecule has 8 nitrogen and oxygen atoms in total. The van der Waals surface area contributed by atoms with Gasteiger partial charge in [0.2, 0.25) is 10.0 Å². The number of nitrogens with two attached hydrogens (primary N) is 1. The van der Waals surface area contributed by atoms with E-state index in [1.54, 1.807) is 36.4 Å². The molecule has 0 bridgehead atoms. The van der Waals surface area contributed by atoms with E-state index in [0.717, 1.165) is 0 Å². The third kappa shape index (κ3) is 4.60. The summed E-state index contributed by atoms with van der Waals surface area (Å²) in [5.41, 5.74) is 4.28. The van der Waals surface area contributed by atoms with E-state index in [4.69, 9.17) is 14.7 Å². The average molecular weight is 385 g/mol. The molecule has 27 heavy (non-hydrogen) atoms. The highest BCUT2D eigenvalue weighted by Gasteiger charge is 2.09. The number of anilines is 1. The molecular weight excluding hydrogens is 370 g/mol. The van der Waals surface area contributed by atoms with E-state index in [1.165, 1.54) is 30.5 Å². The minimum absolute atomic E-state index is 0.0257. The largest absolute Gasteiger partial charge is 0.478 e. The fourth-order valence-electron chi connectivity index (χ4n) is 2.24. The van der Waals surface area contributed by atoms with Gasteiger partial charge in [0.15, 0.2) is 0 Å². The zero-order chi connectivity index (χ0) is 19.4. The molecule has 9 heteroatoms. The smallest absolute Gasteiger partial charge is 0.335 e. The molecule has 0 aliphatic rings. The predicted molar refractivity (Wildman–Crippen MR) is 100 cm³/mol. The van der Waals surface area contributed by atoms with Crippen LogP contribution in [0.4, 0.5) is 5.69 Å². The molecule has 138 valence electrons. The topological polar surface area (TPSA) is 135 Å². The molecule has 0 saturated heterocycles. The first kappa shape index (κ1) is 18.4. The van der Waals surface area contributed by atoms with Gasteiger partial charge in [-0.15, -0.1) is 0 Å². The zero-order valence-electron chi connectivity index (χ0n) is 13.9. The van der Waals surface area contributed by atoms with E-state index < -0.39 is 16.0 Å².